The van der Waals surface area contributed by atoms with Crippen LogP contribution in [0, 0.1) is 13.8 Å². The lowest BCUT2D eigenvalue weighted by molar-refractivity contribution is 0.597. The Morgan fingerprint density at radius 1 is 1.37 bits per heavy atom. The van der Waals surface area contributed by atoms with Gasteiger partial charge in [0.1, 0.15) is 0 Å². The molecule has 2 rings (SSSR count). The van der Waals surface area contributed by atoms with Crippen LogP contribution >= 0.6 is 0 Å². The largest absolute Gasteiger partial charge is 0.272 e. The normalized spacial score (nSPS) is 12.6. The molecule has 0 saturated heterocycles. The van der Waals surface area contributed by atoms with Gasteiger partial charge < -0.3 is 0 Å². The van der Waals surface area contributed by atoms with Crippen molar-refractivity contribution in [1.82, 2.24) is 20.2 Å². The standard InChI is InChI=1S/C14H21N5/c1-4-7-19-9-12(8-16-19)14(18-15)13-6-5-10(2)17-11(13)3/h5-6,8-9,14,18H,4,7,15H2,1-3H3. The molecular weight excluding hydrogens is 238 g/mol. The number of pyridine rings is 1. The number of hydrazine groups is 1. The van der Waals surface area contributed by atoms with E-state index in [1.165, 1.54) is 0 Å². The Kier molecular flexibility index (Phi) is 4.29. The van der Waals surface area contributed by atoms with Gasteiger partial charge in [0.25, 0.3) is 0 Å². The quantitative estimate of drug-likeness (QED) is 0.635. The summed E-state index contributed by atoms with van der Waals surface area (Å²) in [5.74, 6) is 5.71. The Hall–Kier alpha value is -1.72. The van der Waals surface area contributed by atoms with Crippen LogP contribution < -0.4 is 11.3 Å². The fourth-order valence-corrected chi connectivity index (χ4v) is 2.25. The monoisotopic (exact) mass is 259 g/mol. The molecule has 19 heavy (non-hydrogen) atoms. The van der Waals surface area contributed by atoms with E-state index < -0.39 is 0 Å². The zero-order valence-corrected chi connectivity index (χ0v) is 11.7. The summed E-state index contributed by atoms with van der Waals surface area (Å²) in [4.78, 5) is 4.49. The van der Waals surface area contributed by atoms with Crippen LogP contribution in [-0.2, 0) is 6.54 Å². The van der Waals surface area contributed by atoms with Gasteiger partial charge in [-0.2, -0.15) is 5.10 Å². The number of nitrogens with two attached hydrogens (primary N) is 1. The maximum absolute atomic E-state index is 5.71. The minimum Gasteiger partial charge on any atom is -0.272 e. The lowest BCUT2D eigenvalue weighted by Gasteiger charge is -2.16. The third-order valence-corrected chi connectivity index (χ3v) is 3.18. The summed E-state index contributed by atoms with van der Waals surface area (Å²) in [6.07, 6.45) is 4.96. The van der Waals surface area contributed by atoms with Gasteiger partial charge in [-0.25, -0.2) is 5.43 Å². The summed E-state index contributed by atoms with van der Waals surface area (Å²) in [6.45, 7) is 7.04. The highest BCUT2D eigenvalue weighted by Gasteiger charge is 2.17. The smallest absolute Gasteiger partial charge is 0.0758 e. The van der Waals surface area contributed by atoms with E-state index in [0.29, 0.717) is 0 Å². The van der Waals surface area contributed by atoms with E-state index in [9.17, 15) is 0 Å². The maximum atomic E-state index is 5.71. The number of hydrogen-bond donors (Lipinski definition) is 2. The first kappa shape index (κ1) is 13.7. The summed E-state index contributed by atoms with van der Waals surface area (Å²) in [7, 11) is 0. The molecule has 0 saturated carbocycles. The van der Waals surface area contributed by atoms with Crippen molar-refractivity contribution in [3.63, 3.8) is 0 Å². The van der Waals surface area contributed by atoms with Crippen LogP contribution in [0.4, 0.5) is 0 Å². The number of aromatic nitrogens is 3. The highest BCUT2D eigenvalue weighted by atomic mass is 15.3. The highest BCUT2D eigenvalue weighted by Crippen LogP contribution is 2.23. The molecule has 2 aromatic rings. The Labute approximate surface area is 113 Å². The molecule has 0 bridgehead atoms. The van der Waals surface area contributed by atoms with Crippen LogP contribution in [0.15, 0.2) is 24.5 Å². The van der Waals surface area contributed by atoms with Gasteiger partial charge in [0.15, 0.2) is 0 Å². The number of rotatable bonds is 5. The molecule has 0 aromatic carbocycles. The van der Waals surface area contributed by atoms with Crippen LogP contribution in [0.5, 0.6) is 0 Å². The Morgan fingerprint density at radius 2 is 2.16 bits per heavy atom. The van der Waals surface area contributed by atoms with E-state index in [1.807, 2.05) is 37.0 Å². The van der Waals surface area contributed by atoms with Crippen molar-refractivity contribution in [1.29, 1.82) is 0 Å². The van der Waals surface area contributed by atoms with E-state index in [2.05, 4.69) is 28.5 Å². The molecule has 0 radical (unpaired) electrons. The molecule has 102 valence electrons. The van der Waals surface area contributed by atoms with Crippen molar-refractivity contribution in [2.45, 2.75) is 39.8 Å². The maximum Gasteiger partial charge on any atom is 0.0758 e. The first-order chi connectivity index (χ1) is 9.15. The van der Waals surface area contributed by atoms with Gasteiger partial charge in [-0.1, -0.05) is 13.0 Å². The van der Waals surface area contributed by atoms with Gasteiger partial charge in [-0.3, -0.25) is 15.5 Å². The van der Waals surface area contributed by atoms with Crippen molar-refractivity contribution in [3.05, 3.63) is 47.0 Å². The number of nitrogens with zero attached hydrogens (tertiary/aromatic N) is 3. The van der Waals surface area contributed by atoms with Crippen LogP contribution in [0.2, 0.25) is 0 Å². The van der Waals surface area contributed by atoms with Crippen molar-refractivity contribution >= 4 is 0 Å². The van der Waals surface area contributed by atoms with E-state index >= 15 is 0 Å². The summed E-state index contributed by atoms with van der Waals surface area (Å²) in [6, 6.07) is 4.00. The van der Waals surface area contributed by atoms with Gasteiger partial charge in [-0.15, -0.1) is 0 Å². The highest BCUT2D eigenvalue weighted by molar-refractivity contribution is 5.32. The summed E-state index contributed by atoms with van der Waals surface area (Å²) < 4.78 is 1.94. The Balaban J connectivity index is 2.32. The summed E-state index contributed by atoms with van der Waals surface area (Å²) in [5, 5.41) is 4.35. The molecule has 0 amide bonds. The topological polar surface area (TPSA) is 68.8 Å². The SMILES string of the molecule is CCCn1cc(C(NN)c2ccc(C)nc2C)cn1. The van der Waals surface area contributed by atoms with E-state index in [0.717, 1.165) is 35.5 Å². The lowest BCUT2D eigenvalue weighted by atomic mass is 10.0. The molecule has 3 N–H and O–H groups in total. The van der Waals surface area contributed by atoms with Crippen LogP contribution in [0.25, 0.3) is 0 Å². The second-order valence-corrected chi connectivity index (χ2v) is 4.76. The molecule has 0 aliphatic heterocycles. The first-order valence-electron chi connectivity index (χ1n) is 6.58. The van der Waals surface area contributed by atoms with E-state index in [4.69, 9.17) is 5.84 Å². The molecule has 1 atom stereocenters. The minimum atomic E-state index is -0.0706. The van der Waals surface area contributed by atoms with E-state index in [1.54, 1.807) is 0 Å². The first-order valence-corrected chi connectivity index (χ1v) is 6.58. The average molecular weight is 259 g/mol. The molecule has 0 aliphatic carbocycles. The van der Waals surface area contributed by atoms with Crippen LogP contribution in [0.3, 0.4) is 0 Å². The Bertz CT molecular complexity index is 547. The summed E-state index contributed by atoms with van der Waals surface area (Å²) in [5.41, 5.74) is 7.01. The third kappa shape index (κ3) is 3.00. The van der Waals surface area contributed by atoms with Gasteiger partial charge in [0.05, 0.1) is 12.2 Å². The lowest BCUT2D eigenvalue weighted by Crippen LogP contribution is -2.29. The molecular formula is C14H21N5. The molecule has 5 heteroatoms. The minimum absolute atomic E-state index is 0.0706. The molecule has 5 nitrogen and oxygen atoms in total. The predicted octanol–water partition coefficient (Wildman–Crippen LogP) is 1.86. The third-order valence-electron chi connectivity index (χ3n) is 3.18. The zero-order valence-electron chi connectivity index (χ0n) is 11.7. The molecule has 0 spiro atoms. The second-order valence-electron chi connectivity index (χ2n) is 4.76. The van der Waals surface area contributed by atoms with Gasteiger partial charge in [0.2, 0.25) is 0 Å². The van der Waals surface area contributed by atoms with Crippen molar-refractivity contribution in [3.8, 4) is 0 Å². The second kappa shape index (κ2) is 5.95. The molecule has 0 aliphatic rings. The van der Waals surface area contributed by atoms with Crippen molar-refractivity contribution in [2.75, 3.05) is 0 Å². The molecule has 1 unspecified atom stereocenters. The van der Waals surface area contributed by atoms with Crippen LogP contribution in [-0.4, -0.2) is 14.8 Å². The van der Waals surface area contributed by atoms with Gasteiger partial charge >= 0.3 is 0 Å². The summed E-state index contributed by atoms with van der Waals surface area (Å²) >= 11 is 0. The molecule has 2 heterocycles. The fourth-order valence-electron chi connectivity index (χ4n) is 2.25. The molecule has 0 fully saturated rings. The van der Waals surface area contributed by atoms with E-state index in [-0.39, 0.29) is 6.04 Å². The van der Waals surface area contributed by atoms with Crippen molar-refractivity contribution in [2.24, 2.45) is 5.84 Å². The van der Waals surface area contributed by atoms with Crippen molar-refractivity contribution < 1.29 is 0 Å². The van der Waals surface area contributed by atoms with Crippen LogP contribution in [0.1, 0.15) is 41.9 Å². The number of nitrogens with one attached hydrogen (secondary N) is 1. The van der Waals surface area contributed by atoms with Gasteiger partial charge in [-0.05, 0) is 31.9 Å². The Morgan fingerprint density at radius 3 is 2.79 bits per heavy atom. The fraction of sp³-hybridized carbons (Fsp3) is 0.429. The zero-order chi connectivity index (χ0) is 13.8. The molecule has 2 aromatic heterocycles. The predicted molar refractivity (Wildman–Crippen MR) is 75.4 cm³/mol. The number of aryl methyl sites for hydroxylation is 3. The van der Waals surface area contributed by atoms with Gasteiger partial charge in [0, 0.05) is 29.7 Å². The number of hydrogen-bond acceptors (Lipinski definition) is 4. The average Bonchev–Trinajstić information content (AvgIpc) is 2.82.